The van der Waals surface area contributed by atoms with E-state index in [0.29, 0.717) is 12.0 Å². The fourth-order valence-corrected chi connectivity index (χ4v) is 2.77. The van der Waals surface area contributed by atoms with E-state index in [9.17, 15) is 0 Å². The summed E-state index contributed by atoms with van der Waals surface area (Å²) in [6.07, 6.45) is 0. The predicted molar refractivity (Wildman–Crippen MR) is 82.3 cm³/mol. The quantitative estimate of drug-likeness (QED) is 0.909. The van der Waals surface area contributed by atoms with E-state index in [1.807, 2.05) is 6.07 Å². The van der Waals surface area contributed by atoms with Crippen LogP contribution in [0, 0.1) is 6.92 Å². The van der Waals surface area contributed by atoms with Crippen LogP contribution in [0.2, 0.25) is 0 Å². The van der Waals surface area contributed by atoms with Crippen LogP contribution in [-0.2, 0) is 0 Å². The SMILES string of the molecule is Cc1cccc([C@H](C)NCC2COc3ccccc32)c1. The molecule has 0 radical (unpaired) electrons. The van der Waals surface area contributed by atoms with Gasteiger partial charge in [0.2, 0.25) is 0 Å². The van der Waals surface area contributed by atoms with Crippen molar-refractivity contribution in [3.05, 3.63) is 65.2 Å². The zero-order valence-electron chi connectivity index (χ0n) is 12.1. The molecule has 0 saturated heterocycles. The first-order valence-electron chi connectivity index (χ1n) is 7.25. The largest absolute Gasteiger partial charge is 0.493 e. The molecule has 3 rings (SSSR count). The van der Waals surface area contributed by atoms with E-state index >= 15 is 0 Å². The van der Waals surface area contributed by atoms with Crippen molar-refractivity contribution in [1.29, 1.82) is 0 Å². The Morgan fingerprint density at radius 1 is 1.20 bits per heavy atom. The van der Waals surface area contributed by atoms with Crippen LogP contribution in [0.25, 0.3) is 0 Å². The monoisotopic (exact) mass is 267 g/mol. The average molecular weight is 267 g/mol. The zero-order valence-corrected chi connectivity index (χ0v) is 12.1. The van der Waals surface area contributed by atoms with E-state index in [-0.39, 0.29) is 0 Å². The van der Waals surface area contributed by atoms with Crippen molar-refractivity contribution in [3.8, 4) is 5.75 Å². The lowest BCUT2D eigenvalue weighted by Crippen LogP contribution is -2.25. The molecule has 0 spiro atoms. The second-order valence-electron chi connectivity index (χ2n) is 5.59. The van der Waals surface area contributed by atoms with Gasteiger partial charge in [-0.25, -0.2) is 0 Å². The van der Waals surface area contributed by atoms with Gasteiger partial charge in [0.05, 0.1) is 6.61 Å². The fraction of sp³-hybridized carbons (Fsp3) is 0.333. The van der Waals surface area contributed by atoms with E-state index in [1.54, 1.807) is 0 Å². The van der Waals surface area contributed by atoms with Gasteiger partial charge in [-0.05, 0) is 25.5 Å². The molecule has 0 fully saturated rings. The third-order valence-corrected chi connectivity index (χ3v) is 4.01. The first kappa shape index (κ1) is 13.2. The lowest BCUT2D eigenvalue weighted by molar-refractivity contribution is 0.323. The molecule has 0 bridgehead atoms. The Labute approximate surface area is 120 Å². The van der Waals surface area contributed by atoms with Gasteiger partial charge in [-0.15, -0.1) is 0 Å². The van der Waals surface area contributed by atoms with Crippen molar-refractivity contribution in [2.45, 2.75) is 25.8 Å². The van der Waals surface area contributed by atoms with Gasteiger partial charge < -0.3 is 10.1 Å². The molecule has 2 nitrogen and oxygen atoms in total. The first-order valence-corrected chi connectivity index (χ1v) is 7.25. The van der Waals surface area contributed by atoms with Gasteiger partial charge in [0.25, 0.3) is 0 Å². The molecule has 2 aromatic rings. The molecular weight excluding hydrogens is 246 g/mol. The maximum atomic E-state index is 5.73. The first-order chi connectivity index (χ1) is 9.74. The molecule has 104 valence electrons. The van der Waals surface area contributed by atoms with E-state index < -0.39 is 0 Å². The molecule has 0 aliphatic carbocycles. The Morgan fingerprint density at radius 2 is 2.05 bits per heavy atom. The summed E-state index contributed by atoms with van der Waals surface area (Å²) < 4.78 is 5.73. The van der Waals surface area contributed by atoms with E-state index in [1.165, 1.54) is 16.7 Å². The Hall–Kier alpha value is -1.80. The Balaban J connectivity index is 1.63. The molecule has 0 amide bonds. The summed E-state index contributed by atoms with van der Waals surface area (Å²) >= 11 is 0. The molecule has 0 aromatic heterocycles. The van der Waals surface area contributed by atoms with Crippen LogP contribution in [0.1, 0.15) is 35.6 Å². The van der Waals surface area contributed by atoms with Crippen LogP contribution in [0.3, 0.4) is 0 Å². The predicted octanol–water partition coefficient (Wildman–Crippen LogP) is 3.82. The molecule has 2 atom stereocenters. The highest BCUT2D eigenvalue weighted by molar-refractivity contribution is 5.39. The number of rotatable bonds is 4. The highest BCUT2D eigenvalue weighted by Gasteiger charge is 2.23. The lowest BCUT2D eigenvalue weighted by Gasteiger charge is -2.17. The van der Waals surface area contributed by atoms with Crippen LogP contribution in [0.4, 0.5) is 0 Å². The van der Waals surface area contributed by atoms with E-state index in [0.717, 1.165) is 18.9 Å². The van der Waals surface area contributed by atoms with Gasteiger partial charge >= 0.3 is 0 Å². The number of nitrogens with one attached hydrogen (secondary N) is 1. The molecular formula is C18H21NO. The number of benzene rings is 2. The summed E-state index contributed by atoms with van der Waals surface area (Å²) in [5.74, 6) is 1.50. The number of para-hydroxylation sites is 1. The van der Waals surface area contributed by atoms with Crippen molar-refractivity contribution < 1.29 is 4.74 Å². The van der Waals surface area contributed by atoms with Crippen molar-refractivity contribution in [3.63, 3.8) is 0 Å². The standard InChI is InChI=1S/C18H21NO/c1-13-6-5-7-15(10-13)14(2)19-11-16-12-20-18-9-4-3-8-17(16)18/h3-10,14,16,19H,11-12H2,1-2H3/t14-,16?/m0/s1. The summed E-state index contributed by atoms with van der Waals surface area (Å²) in [5.41, 5.74) is 3.99. The van der Waals surface area contributed by atoms with Crippen molar-refractivity contribution >= 4 is 0 Å². The minimum atomic E-state index is 0.364. The third-order valence-electron chi connectivity index (χ3n) is 4.01. The van der Waals surface area contributed by atoms with Crippen LogP contribution in [-0.4, -0.2) is 13.2 Å². The van der Waals surface area contributed by atoms with Crippen LogP contribution in [0.15, 0.2) is 48.5 Å². The Morgan fingerprint density at radius 3 is 2.90 bits per heavy atom. The lowest BCUT2D eigenvalue weighted by atomic mass is 10.00. The second-order valence-corrected chi connectivity index (χ2v) is 5.59. The van der Waals surface area contributed by atoms with Crippen molar-refractivity contribution in [2.75, 3.05) is 13.2 Å². The molecule has 2 aromatic carbocycles. The second kappa shape index (κ2) is 5.68. The maximum absolute atomic E-state index is 5.73. The topological polar surface area (TPSA) is 21.3 Å². The number of fused-ring (bicyclic) bond motifs is 1. The molecule has 1 N–H and O–H groups in total. The van der Waals surface area contributed by atoms with Gasteiger partial charge in [0, 0.05) is 24.1 Å². The molecule has 1 unspecified atom stereocenters. The van der Waals surface area contributed by atoms with Gasteiger partial charge in [0.15, 0.2) is 0 Å². The summed E-state index contributed by atoms with van der Waals surface area (Å²) in [7, 11) is 0. The van der Waals surface area contributed by atoms with Crippen LogP contribution in [0.5, 0.6) is 5.75 Å². The van der Waals surface area contributed by atoms with E-state index in [4.69, 9.17) is 4.74 Å². The highest BCUT2D eigenvalue weighted by Crippen LogP contribution is 2.33. The average Bonchev–Trinajstić information content (AvgIpc) is 2.88. The van der Waals surface area contributed by atoms with Crippen molar-refractivity contribution in [1.82, 2.24) is 5.32 Å². The summed E-state index contributed by atoms with van der Waals surface area (Å²) in [6.45, 7) is 6.09. The van der Waals surface area contributed by atoms with Gasteiger partial charge in [0.1, 0.15) is 5.75 Å². The van der Waals surface area contributed by atoms with Crippen LogP contribution < -0.4 is 10.1 Å². The Kier molecular flexibility index (Phi) is 3.75. The maximum Gasteiger partial charge on any atom is 0.122 e. The zero-order chi connectivity index (χ0) is 13.9. The minimum Gasteiger partial charge on any atom is -0.493 e. The molecule has 1 aliphatic heterocycles. The van der Waals surface area contributed by atoms with Gasteiger partial charge in [-0.2, -0.15) is 0 Å². The Bertz CT molecular complexity index is 593. The number of aryl methyl sites for hydroxylation is 1. The number of ether oxygens (including phenoxy) is 1. The normalized spacial score (nSPS) is 18.4. The minimum absolute atomic E-state index is 0.364. The summed E-state index contributed by atoms with van der Waals surface area (Å²) in [6, 6.07) is 17.4. The number of hydrogen-bond donors (Lipinski definition) is 1. The summed E-state index contributed by atoms with van der Waals surface area (Å²) in [4.78, 5) is 0. The van der Waals surface area contributed by atoms with E-state index in [2.05, 4.69) is 61.6 Å². The number of hydrogen-bond acceptors (Lipinski definition) is 2. The van der Waals surface area contributed by atoms with Gasteiger partial charge in [-0.3, -0.25) is 0 Å². The summed E-state index contributed by atoms with van der Waals surface area (Å²) in [5, 5.41) is 3.63. The smallest absolute Gasteiger partial charge is 0.122 e. The molecule has 1 heterocycles. The fourth-order valence-electron chi connectivity index (χ4n) is 2.77. The molecule has 0 saturated carbocycles. The van der Waals surface area contributed by atoms with Gasteiger partial charge in [-0.1, -0.05) is 48.0 Å². The van der Waals surface area contributed by atoms with Crippen LogP contribution >= 0.6 is 0 Å². The molecule has 2 heteroatoms. The molecule has 20 heavy (non-hydrogen) atoms. The highest BCUT2D eigenvalue weighted by atomic mass is 16.5. The molecule has 1 aliphatic rings. The van der Waals surface area contributed by atoms with Crippen molar-refractivity contribution in [2.24, 2.45) is 0 Å². The third kappa shape index (κ3) is 2.70.